The number of nitriles is 1. The number of unbranched alkanes of at least 4 members (excludes halogenated alkanes) is 1. The second-order valence-corrected chi connectivity index (χ2v) is 6.26. The Morgan fingerprint density at radius 1 is 1.40 bits per heavy atom. The maximum Gasteiger partial charge on any atom is 0.242 e. The molecule has 1 rings (SSSR count). The van der Waals surface area contributed by atoms with E-state index in [-0.39, 0.29) is 16.5 Å². The summed E-state index contributed by atoms with van der Waals surface area (Å²) in [4.78, 5) is -0.0354. The van der Waals surface area contributed by atoms with Crippen molar-refractivity contribution in [2.24, 2.45) is 0 Å². The number of hydrogen-bond acceptors (Lipinski definition) is 4. The van der Waals surface area contributed by atoms with Crippen molar-refractivity contribution >= 4 is 21.6 Å². The van der Waals surface area contributed by atoms with E-state index in [1.807, 2.05) is 6.07 Å². The maximum atomic E-state index is 12.0. The third-order valence-electron chi connectivity index (χ3n) is 2.53. The molecule has 0 radical (unpaired) electrons. The van der Waals surface area contributed by atoms with Crippen LogP contribution in [0.25, 0.3) is 0 Å². The lowest BCUT2D eigenvalue weighted by Gasteiger charge is -2.09. The summed E-state index contributed by atoms with van der Waals surface area (Å²) in [6, 6.07) is 5.96. The van der Waals surface area contributed by atoms with Crippen LogP contribution in [0.15, 0.2) is 23.1 Å². The van der Waals surface area contributed by atoms with Gasteiger partial charge in [0.25, 0.3) is 0 Å². The Kier molecular flexibility index (Phi) is 6.96. The summed E-state index contributed by atoms with van der Waals surface area (Å²) in [5, 5.41) is 8.74. The van der Waals surface area contributed by atoms with E-state index in [9.17, 15) is 8.42 Å². The van der Waals surface area contributed by atoms with Gasteiger partial charge >= 0.3 is 0 Å². The minimum Gasteiger partial charge on any atom is -0.380 e. The number of nitrogens with zero attached hydrogens (tertiary/aromatic N) is 1. The largest absolute Gasteiger partial charge is 0.380 e. The summed E-state index contributed by atoms with van der Waals surface area (Å²) in [5.41, 5.74) is 0.317. The van der Waals surface area contributed by atoms with Crippen LogP contribution in [0.3, 0.4) is 0 Å². The second kappa shape index (κ2) is 8.22. The van der Waals surface area contributed by atoms with Crippen molar-refractivity contribution in [2.45, 2.75) is 24.7 Å². The van der Waals surface area contributed by atoms with Crippen molar-refractivity contribution in [2.75, 3.05) is 19.8 Å². The molecule has 7 heteroatoms. The number of rotatable bonds is 8. The van der Waals surface area contributed by atoms with E-state index in [1.165, 1.54) is 18.2 Å². The SMILES string of the molecule is CCCCOCCNS(=O)(=O)c1ccc(C#N)cc1Cl. The quantitative estimate of drug-likeness (QED) is 0.746. The van der Waals surface area contributed by atoms with Crippen molar-refractivity contribution in [1.82, 2.24) is 4.72 Å². The number of halogens is 1. The standard InChI is InChI=1S/C13H17ClN2O3S/c1-2-3-7-19-8-6-16-20(17,18)13-5-4-11(10-15)9-12(13)14/h4-5,9,16H,2-3,6-8H2,1H3. The number of hydrogen-bond donors (Lipinski definition) is 1. The molecule has 0 aliphatic heterocycles. The average Bonchev–Trinajstić information content (AvgIpc) is 2.42. The van der Waals surface area contributed by atoms with Gasteiger partial charge in [-0.25, -0.2) is 13.1 Å². The van der Waals surface area contributed by atoms with E-state index in [4.69, 9.17) is 21.6 Å². The lowest BCUT2D eigenvalue weighted by atomic mass is 10.2. The van der Waals surface area contributed by atoms with Crippen molar-refractivity contribution in [1.29, 1.82) is 5.26 Å². The van der Waals surface area contributed by atoms with Gasteiger partial charge in [0, 0.05) is 13.2 Å². The van der Waals surface area contributed by atoms with Gasteiger partial charge < -0.3 is 4.74 Å². The molecule has 5 nitrogen and oxygen atoms in total. The number of nitrogens with one attached hydrogen (secondary N) is 1. The Morgan fingerprint density at radius 3 is 2.75 bits per heavy atom. The molecular formula is C13H17ClN2O3S. The van der Waals surface area contributed by atoms with Crippen LogP contribution >= 0.6 is 11.6 Å². The summed E-state index contributed by atoms with van der Waals surface area (Å²) in [5.74, 6) is 0. The Hall–Kier alpha value is -1.13. The third kappa shape index (κ3) is 5.10. The molecule has 0 aliphatic rings. The molecule has 0 unspecified atom stereocenters. The Bertz CT molecular complexity index is 582. The van der Waals surface area contributed by atoms with E-state index in [2.05, 4.69) is 11.6 Å². The first-order chi connectivity index (χ1) is 9.51. The lowest BCUT2D eigenvalue weighted by Crippen LogP contribution is -2.27. The molecule has 0 bridgehead atoms. The summed E-state index contributed by atoms with van der Waals surface area (Å²) in [6.45, 7) is 3.17. The predicted molar refractivity (Wildman–Crippen MR) is 77.1 cm³/mol. The highest BCUT2D eigenvalue weighted by Crippen LogP contribution is 2.22. The van der Waals surface area contributed by atoms with Crippen LogP contribution in [0.2, 0.25) is 5.02 Å². The van der Waals surface area contributed by atoms with E-state index in [0.29, 0.717) is 18.8 Å². The molecule has 0 heterocycles. The predicted octanol–water partition coefficient (Wildman–Crippen LogP) is 2.31. The fourth-order valence-corrected chi connectivity index (χ4v) is 3.02. The summed E-state index contributed by atoms with van der Waals surface area (Å²) < 4.78 is 31.7. The zero-order chi connectivity index (χ0) is 15.0. The highest BCUT2D eigenvalue weighted by molar-refractivity contribution is 7.89. The third-order valence-corrected chi connectivity index (χ3v) is 4.48. The highest BCUT2D eigenvalue weighted by Gasteiger charge is 2.17. The molecule has 0 aromatic heterocycles. The van der Waals surface area contributed by atoms with Crippen LogP contribution in [-0.4, -0.2) is 28.2 Å². The van der Waals surface area contributed by atoms with Gasteiger partial charge in [0.05, 0.1) is 23.3 Å². The maximum absolute atomic E-state index is 12.0. The smallest absolute Gasteiger partial charge is 0.242 e. The summed E-state index contributed by atoms with van der Waals surface area (Å²) in [7, 11) is -3.68. The lowest BCUT2D eigenvalue weighted by molar-refractivity contribution is 0.136. The van der Waals surface area contributed by atoms with Gasteiger partial charge in [0.15, 0.2) is 0 Å². The molecule has 0 atom stereocenters. The second-order valence-electron chi connectivity index (χ2n) is 4.12. The zero-order valence-electron chi connectivity index (χ0n) is 11.2. The van der Waals surface area contributed by atoms with E-state index in [0.717, 1.165) is 12.8 Å². The topological polar surface area (TPSA) is 79.2 Å². The van der Waals surface area contributed by atoms with Crippen molar-refractivity contribution in [3.63, 3.8) is 0 Å². The summed E-state index contributed by atoms with van der Waals surface area (Å²) in [6.07, 6.45) is 1.99. The first-order valence-electron chi connectivity index (χ1n) is 6.28. The van der Waals surface area contributed by atoms with E-state index < -0.39 is 10.0 Å². The van der Waals surface area contributed by atoms with Crippen molar-refractivity contribution in [3.05, 3.63) is 28.8 Å². The number of ether oxygens (including phenoxy) is 1. The normalized spacial score (nSPS) is 11.2. The molecule has 20 heavy (non-hydrogen) atoms. The van der Waals surface area contributed by atoms with Gasteiger partial charge in [0.1, 0.15) is 4.90 Å². The van der Waals surface area contributed by atoms with Crippen LogP contribution in [0.5, 0.6) is 0 Å². The molecule has 1 N–H and O–H groups in total. The molecule has 0 amide bonds. The first kappa shape index (κ1) is 16.9. The fraction of sp³-hybridized carbons (Fsp3) is 0.462. The van der Waals surface area contributed by atoms with E-state index >= 15 is 0 Å². The van der Waals surface area contributed by atoms with Gasteiger partial charge in [-0.3, -0.25) is 0 Å². The molecule has 0 saturated heterocycles. The molecule has 0 aliphatic carbocycles. The minimum atomic E-state index is -3.68. The minimum absolute atomic E-state index is 0.0310. The van der Waals surface area contributed by atoms with Crippen LogP contribution < -0.4 is 4.72 Å². The Balaban J connectivity index is 2.59. The Labute approximate surface area is 124 Å². The van der Waals surface area contributed by atoms with Gasteiger partial charge in [-0.15, -0.1) is 0 Å². The first-order valence-corrected chi connectivity index (χ1v) is 8.14. The van der Waals surface area contributed by atoms with Crippen molar-refractivity contribution in [3.8, 4) is 6.07 Å². The molecule has 0 spiro atoms. The van der Waals surface area contributed by atoms with Crippen molar-refractivity contribution < 1.29 is 13.2 Å². The van der Waals surface area contributed by atoms with Crippen LogP contribution in [-0.2, 0) is 14.8 Å². The Morgan fingerprint density at radius 2 is 2.15 bits per heavy atom. The average molecular weight is 317 g/mol. The van der Waals surface area contributed by atoms with Crippen LogP contribution in [0.1, 0.15) is 25.3 Å². The van der Waals surface area contributed by atoms with Gasteiger partial charge in [-0.2, -0.15) is 5.26 Å². The molecule has 0 saturated carbocycles. The molecule has 1 aromatic rings. The number of benzene rings is 1. The number of sulfonamides is 1. The van der Waals surface area contributed by atoms with E-state index in [1.54, 1.807) is 0 Å². The highest BCUT2D eigenvalue weighted by atomic mass is 35.5. The van der Waals surface area contributed by atoms with Gasteiger partial charge in [-0.1, -0.05) is 24.9 Å². The van der Waals surface area contributed by atoms with Gasteiger partial charge in [0.2, 0.25) is 10.0 Å². The van der Waals surface area contributed by atoms with Crippen LogP contribution in [0.4, 0.5) is 0 Å². The molecular weight excluding hydrogens is 300 g/mol. The molecule has 110 valence electrons. The summed E-state index contributed by atoms with van der Waals surface area (Å²) >= 11 is 5.87. The molecule has 0 fully saturated rings. The fourth-order valence-electron chi connectivity index (χ4n) is 1.46. The van der Waals surface area contributed by atoms with Gasteiger partial charge in [-0.05, 0) is 24.6 Å². The van der Waals surface area contributed by atoms with Crippen LogP contribution in [0, 0.1) is 11.3 Å². The molecule has 1 aromatic carbocycles. The zero-order valence-corrected chi connectivity index (χ0v) is 12.8. The monoisotopic (exact) mass is 316 g/mol.